The van der Waals surface area contributed by atoms with Gasteiger partial charge in [-0.3, -0.25) is 4.79 Å². The molecule has 3 aliphatic heterocycles. The predicted molar refractivity (Wildman–Crippen MR) is 157 cm³/mol. The van der Waals surface area contributed by atoms with Gasteiger partial charge < -0.3 is 74.0 Å². The van der Waals surface area contributed by atoms with Crippen LogP contribution in [0.4, 0.5) is 0 Å². The van der Waals surface area contributed by atoms with Crippen molar-refractivity contribution in [2.24, 2.45) is 5.92 Å². The Bertz CT molecular complexity index is 1280. The highest BCUT2D eigenvalue weighted by atomic mass is 16.8. The molecule has 0 bridgehead atoms. The molecule has 17 nitrogen and oxygen atoms in total. The fraction of sp³-hybridized carbons (Fsp3) is 0.613. The van der Waals surface area contributed by atoms with E-state index in [-0.39, 0.29) is 29.9 Å². The number of ether oxygens (including phenoxy) is 7. The highest BCUT2D eigenvalue weighted by Crippen LogP contribution is 2.37. The quantitative estimate of drug-likeness (QED) is 0.0834. The van der Waals surface area contributed by atoms with Gasteiger partial charge in [0.25, 0.3) is 0 Å². The number of aromatic hydroxyl groups is 1. The Kier molecular flexibility index (Phi) is 13.3. The first-order valence-electron chi connectivity index (χ1n) is 15.2. The number of aliphatic hydroxyl groups excluding tert-OH is 7. The second kappa shape index (κ2) is 17.0. The lowest BCUT2D eigenvalue weighted by molar-refractivity contribution is -0.369. The second-order valence-corrected chi connectivity index (χ2v) is 11.4. The standard InChI is InChI=1S/C31H42O17/c1-3-16-17(10-21(35)43-9-8-14-4-6-15(34)7-5-14)18(28(41)42-2)13-44-29(16)48-31-26(40)27(23(37)20(12-33)46-31)47-30-25(39)24(38)22(36)19(11-32)45-30/h3-7,13,17,19-20,22-27,29-34,36-40H,8-12H2,1-2H3. The molecule has 3 aliphatic rings. The molecule has 1 aromatic rings. The zero-order valence-electron chi connectivity index (χ0n) is 26.2. The van der Waals surface area contributed by atoms with Gasteiger partial charge in [-0.15, -0.1) is 0 Å². The number of hydrogen-bond donors (Lipinski definition) is 8. The van der Waals surface area contributed by atoms with E-state index in [4.69, 9.17) is 33.2 Å². The molecule has 48 heavy (non-hydrogen) atoms. The Morgan fingerprint density at radius 1 is 0.854 bits per heavy atom. The summed E-state index contributed by atoms with van der Waals surface area (Å²) >= 11 is 0. The molecule has 0 saturated carbocycles. The van der Waals surface area contributed by atoms with E-state index in [0.29, 0.717) is 6.42 Å². The molecule has 12 atom stereocenters. The minimum atomic E-state index is -1.86. The van der Waals surface area contributed by atoms with E-state index in [1.54, 1.807) is 19.1 Å². The van der Waals surface area contributed by atoms with E-state index < -0.39 is 98.8 Å². The lowest BCUT2D eigenvalue weighted by atomic mass is 9.86. The van der Waals surface area contributed by atoms with E-state index in [2.05, 4.69) is 0 Å². The third kappa shape index (κ3) is 8.50. The summed E-state index contributed by atoms with van der Waals surface area (Å²) in [6.07, 6.45) is -15.6. The van der Waals surface area contributed by atoms with Crippen LogP contribution in [0.25, 0.3) is 0 Å². The second-order valence-electron chi connectivity index (χ2n) is 11.4. The summed E-state index contributed by atoms with van der Waals surface area (Å²) in [5.41, 5.74) is 1.02. The van der Waals surface area contributed by atoms with Gasteiger partial charge in [-0.1, -0.05) is 18.2 Å². The Hall–Kier alpha value is -3.20. The maximum Gasteiger partial charge on any atom is 0.337 e. The van der Waals surface area contributed by atoms with Crippen LogP contribution in [0, 0.1) is 5.92 Å². The normalized spacial score (nSPS) is 36.2. The van der Waals surface area contributed by atoms with Gasteiger partial charge in [-0.05, 0) is 24.6 Å². The molecule has 0 spiro atoms. The number of phenolic OH excluding ortho intramolecular Hbond substituents is 1. The maximum atomic E-state index is 12.9. The van der Waals surface area contributed by atoms with E-state index in [1.165, 1.54) is 18.2 Å². The van der Waals surface area contributed by atoms with Crippen LogP contribution in [0.5, 0.6) is 5.75 Å². The van der Waals surface area contributed by atoms with E-state index in [0.717, 1.165) is 18.9 Å². The first-order chi connectivity index (χ1) is 22.9. The average molecular weight is 687 g/mol. The van der Waals surface area contributed by atoms with Gasteiger partial charge in [-0.2, -0.15) is 0 Å². The van der Waals surface area contributed by atoms with E-state index in [9.17, 15) is 50.4 Å². The van der Waals surface area contributed by atoms with Crippen molar-refractivity contribution in [3.8, 4) is 5.75 Å². The Labute approximate surface area is 275 Å². The molecule has 4 rings (SSSR count). The summed E-state index contributed by atoms with van der Waals surface area (Å²) in [6, 6.07) is 6.37. The number of carbonyl (C=O) groups excluding carboxylic acids is 2. The molecule has 0 amide bonds. The number of esters is 2. The zero-order chi connectivity index (χ0) is 35.1. The molecule has 0 aliphatic carbocycles. The SMILES string of the molecule is CC=C1C(OC2OC(CO)C(O)C(OC3OC(CO)C(O)C(O)C3O)C2O)OC=C(C(=O)OC)C1CC(=O)OCCc1ccc(O)cc1. The fourth-order valence-electron chi connectivity index (χ4n) is 5.58. The molecule has 1 aromatic carbocycles. The van der Waals surface area contributed by atoms with Crippen LogP contribution >= 0.6 is 0 Å². The molecule has 8 N–H and O–H groups in total. The largest absolute Gasteiger partial charge is 0.508 e. The molecule has 12 unspecified atom stereocenters. The van der Waals surface area contributed by atoms with Crippen molar-refractivity contribution in [3.63, 3.8) is 0 Å². The lowest BCUT2D eigenvalue weighted by Gasteiger charge is -2.46. The molecular formula is C31H42O17. The van der Waals surface area contributed by atoms with Crippen molar-refractivity contribution in [2.75, 3.05) is 26.9 Å². The molecule has 0 aromatic heterocycles. The molecule has 2 fully saturated rings. The van der Waals surface area contributed by atoms with Crippen LogP contribution in [0.15, 0.2) is 47.7 Å². The summed E-state index contributed by atoms with van der Waals surface area (Å²) in [4.78, 5) is 25.5. The van der Waals surface area contributed by atoms with E-state index in [1.807, 2.05) is 0 Å². The van der Waals surface area contributed by atoms with Gasteiger partial charge in [0.2, 0.25) is 6.29 Å². The third-order valence-corrected chi connectivity index (χ3v) is 8.30. The Morgan fingerprint density at radius 2 is 1.48 bits per heavy atom. The van der Waals surface area contributed by atoms with Crippen molar-refractivity contribution in [1.82, 2.24) is 0 Å². The minimum Gasteiger partial charge on any atom is -0.508 e. The molecule has 3 heterocycles. The molecule has 268 valence electrons. The van der Waals surface area contributed by atoms with Crippen molar-refractivity contribution >= 4 is 11.9 Å². The van der Waals surface area contributed by atoms with Gasteiger partial charge in [0.15, 0.2) is 12.6 Å². The fourth-order valence-corrected chi connectivity index (χ4v) is 5.58. The number of benzene rings is 1. The van der Waals surface area contributed by atoms with Crippen LogP contribution < -0.4 is 0 Å². The van der Waals surface area contributed by atoms with Crippen LogP contribution in [0.3, 0.4) is 0 Å². The summed E-state index contributed by atoms with van der Waals surface area (Å²) in [7, 11) is 1.15. The smallest absolute Gasteiger partial charge is 0.337 e. The topological polar surface area (TPSA) is 261 Å². The number of aliphatic hydroxyl groups is 7. The Morgan fingerprint density at radius 3 is 2.08 bits per heavy atom. The molecular weight excluding hydrogens is 644 g/mol. The van der Waals surface area contributed by atoms with Crippen LogP contribution in [-0.4, -0.2) is 147 Å². The molecule has 0 radical (unpaired) electrons. The number of allylic oxidation sites excluding steroid dienone is 1. The van der Waals surface area contributed by atoms with Gasteiger partial charge >= 0.3 is 11.9 Å². The van der Waals surface area contributed by atoms with Gasteiger partial charge in [-0.25, -0.2) is 4.79 Å². The lowest BCUT2D eigenvalue weighted by Crippen LogP contribution is -2.65. The summed E-state index contributed by atoms with van der Waals surface area (Å²) in [5, 5.41) is 81.5. The van der Waals surface area contributed by atoms with Crippen molar-refractivity contribution in [1.29, 1.82) is 0 Å². The van der Waals surface area contributed by atoms with Gasteiger partial charge in [0, 0.05) is 17.9 Å². The number of rotatable bonds is 12. The van der Waals surface area contributed by atoms with Crippen LogP contribution in [-0.2, 0) is 49.2 Å². The number of hydrogen-bond acceptors (Lipinski definition) is 17. The highest BCUT2D eigenvalue weighted by Gasteiger charge is 2.52. The first kappa shape index (κ1) is 37.6. The van der Waals surface area contributed by atoms with Crippen LogP contribution in [0.2, 0.25) is 0 Å². The monoisotopic (exact) mass is 686 g/mol. The van der Waals surface area contributed by atoms with Crippen LogP contribution in [0.1, 0.15) is 18.9 Å². The van der Waals surface area contributed by atoms with Crippen molar-refractivity contribution in [3.05, 3.63) is 53.3 Å². The number of carbonyl (C=O) groups is 2. The minimum absolute atomic E-state index is 0.0119. The van der Waals surface area contributed by atoms with Crippen molar-refractivity contribution in [2.45, 2.75) is 87.5 Å². The van der Waals surface area contributed by atoms with Crippen molar-refractivity contribution < 1.29 is 83.6 Å². The summed E-state index contributed by atoms with van der Waals surface area (Å²) < 4.78 is 38.3. The summed E-state index contributed by atoms with van der Waals surface area (Å²) in [6.45, 7) is 0.0588. The molecule has 17 heteroatoms. The first-order valence-corrected chi connectivity index (χ1v) is 15.2. The number of phenols is 1. The number of methoxy groups -OCH3 is 1. The van der Waals surface area contributed by atoms with E-state index >= 15 is 0 Å². The zero-order valence-corrected chi connectivity index (χ0v) is 26.2. The highest BCUT2D eigenvalue weighted by molar-refractivity contribution is 5.90. The van der Waals surface area contributed by atoms with Gasteiger partial charge in [0.1, 0.15) is 54.6 Å². The predicted octanol–water partition coefficient (Wildman–Crippen LogP) is -2.52. The average Bonchev–Trinajstić information content (AvgIpc) is 3.08. The third-order valence-electron chi connectivity index (χ3n) is 8.30. The van der Waals surface area contributed by atoms with Gasteiger partial charge in [0.05, 0.1) is 45.2 Å². The Balaban J connectivity index is 1.48. The maximum absolute atomic E-state index is 12.9. The summed E-state index contributed by atoms with van der Waals surface area (Å²) in [5.74, 6) is -2.33. The molecule has 2 saturated heterocycles.